The molecular formula is C28H30N4O7. The fourth-order valence-corrected chi connectivity index (χ4v) is 5.07. The zero-order valence-electron chi connectivity index (χ0n) is 21.3. The van der Waals surface area contributed by atoms with Crippen LogP contribution in [0.5, 0.6) is 0 Å². The zero-order chi connectivity index (χ0) is 27.4. The molecule has 0 saturated carbocycles. The number of carbonyl (C=O) groups excluding carboxylic acids is 5. The number of cyclic esters (lactones) is 1. The molecule has 11 nitrogen and oxygen atoms in total. The van der Waals surface area contributed by atoms with Crippen LogP contribution in [0.4, 0.5) is 0 Å². The van der Waals surface area contributed by atoms with Gasteiger partial charge in [0.1, 0.15) is 18.1 Å². The largest absolute Gasteiger partial charge is 0.433 e. The molecule has 0 radical (unpaired) electrons. The van der Waals surface area contributed by atoms with E-state index in [4.69, 9.17) is 9.47 Å². The highest BCUT2D eigenvalue weighted by atomic mass is 16.7. The summed E-state index contributed by atoms with van der Waals surface area (Å²) in [5, 5.41) is 8.03. The second kappa shape index (κ2) is 11.6. The molecule has 0 spiro atoms. The summed E-state index contributed by atoms with van der Waals surface area (Å²) in [6.07, 6.45) is -0.0555. The molecule has 3 aliphatic heterocycles. The van der Waals surface area contributed by atoms with Crippen molar-refractivity contribution in [1.29, 1.82) is 0 Å². The Labute approximate surface area is 225 Å². The van der Waals surface area contributed by atoms with E-state index in [-0.39, 0.29) is 31.8 Å². The van der Waals surface area contributed by atoms with Crippen molar-refractivity contribution in [2.45, 2.75) is 63.1 Å². The molecule has 3 heterocycles. The van der Waals surface area contributed by atoms with Crippen molar-refractivity contribution in [2.75, 3.05) is 6.54 Å². The highest BCUT2D eigenvalue weighted by molar-refractivity contribution is 5.99. The van der Waals surface area contributed by atoms with Crippen LogP contribution in [-0.2, 0) is 35.3 Å². The number of hydrogen-bond donors (Lipinski definition) is 2. The van der Waals surface area contributed by atoms with E-state index in [9.17, 15) is 24.0 Å². The first-order chi connectivity index (χ1) is 18.9. The number of nitrogens with one attached hydrogen (secondary N) is 2. The normalized spacial score (nSPS) is 25.0. The van der Waals surface area contributed by atoms with Crippen LogP contribution in [0.1, 0.15) is 48.0 Å². The second-order valence-corrected chi connectivity index (χ2v) is 9.76. The van der Waals surface area contributed by atoms with Gasteiger partial charge in [-0.15, -0.1) is 0 Å². The molecule has 4 amide bonds. The van der Waals surface area contributed by atoms with Crippen molar-refractivity contribution >= 4 is 29.6 Å². The van der Waals surface area contributed by atoms with Crippen LogP contribution in [0.25, 0.3) is 0 Å². The molecular weight excluding hydrogens is 504 g/mol. The molecule has 11 heteroatoms. The van der Waals surface area contributed by atoms with Crippen LogP contribution in [-0.4, -0.2) is 70.6 Å². The number of carbonyl (C=O) groups is 5. The predicted octanol–water partition coefficient (Wildman–Crippen LogP) is 1.29. The van der Waals surface area contributed by atoms with Gasteiger partial charge in [0.2, 0.25) is 18.1 Å². The van der Waals surface area contributed by atoms with Crippen molar-refractivity contribution in [1.82, 2.24) is 20.7 Å². The lowest BCUT2D eigenvalue weighted by molar-refractivity contribution is -0.177. The van der Waals surface area contributed by atoms with Gasteiger partial charge in [-0.1, -0.05) is 48.5 Å². The summed E-state index contributed by atoms with van der Waals surface area (Å²) in [7, 11) is 0. The first-order valence-corrected chi connectivity index (χ1v) is 13.1. The van der Waals surface area contributed by atoms with Crippen molar-refractivity contribution in [3.05, 3.63) is 71.8 Å². The quantitative estimate of drug-likeness (QED) is 0.511. The van der Waals surface area contributed by atoms with Gasteiger partial charge in [0.25, 0.3) is 11.8 Å². The minimum Gasteiger partial charge on any atom is -0.433 e. The third-order valence-corrected chi connectivity index (χ3v) is 7.05. The second-order valence-electron chi connectivity index (χ2n) is 9.76. The van der Waals surface area contributed by atoms with Gasteiger partial charge in [-0.05, 0) is 37.0 Å². The Bertz CT molecular complexity index is 1240. The number of hydrogen-bond acceptors (Lipinski definition) is 7. The van der Waals surface area contributed by atoms with Crippen LogP contribution in [0.3, 0.4) is 0 Å². The summed E-state index contributed by atoms with van der Waals surface area (Å²) in [5.74, 6) is -2.28. The Kier molecular flexibility index (Phi) is 7.87. The number of hydrazine groups is 1. The molecule has 3 saturated heterocycles. The Morgan fingerprint density at radius 1 is 0.949 bits per heavy atom. The van der Waals surface area contributed by atoms with E-state index in [1.807, 2.05) is 30.3 Å². The van der Waals surface area contributed by atoms with E-state index < -0.39 is 48.1 Å². The van der Waals surface area contributed by atoms with Gasteiger partial charge in [-0.25, -0.2) is 5.01 Å². The lowest BCUT2D eigenvalue weighted by atomic mass is 10.0. The smallest absolute Gasteiger partial charge is 0.310 e. The van der Waals surface area contributed by atoms with E-state index >= 15 is 0 Å². The maximum Gasteiger partial charge on any atom is 0.310 e. The van der Waals surface area contributed by atoms with E-state index in [1.54, 1.807) is 30.3 Å². The number of benzene rings is 2. The van der Waals surface area contributed by atoms with Gasteiger partial charge in [-0.3, -0.25) is 29.0 Å². The molecule has 0 unspecified atom stereocenters. The average Bonchev–Trinajstić information content (AvgIpc) is 3.26. The third-order valence-electron chi connectivity index (χ3n) is 7.05. The molecule has 3 aliphatic rings. The van der Waals surface area contributed by atoms with E-state index in [1.165, 1.54) is 10.0 Å². The number of fused-ring (bicyclic) bond motifs is 1. The molecule has 2 N–H and O–H groups in total. The maximum atomic E-state index is 13.7. The third kappa shape index (κ3) is 5.93. The van der Waals surface area contributed by atoms with E-state index in [2.05, 4.69) is 10.6 Å². The lowest BCUT2D eigenvalue weighted by Gasteiger charge is -2.43. The van der Waals surface area contributed by atoms with Gasteiger partial charge in [0, 0.05) is 18.5 Å². The fourth-order valence-electron chi connectivity index (χ4n) is 5.07. The van der Waals surface area contributed by atoms with Crippen LogP contribution in [0.15, 0.2) is 60.7 Å². The van der Waals surface area contributed by atoms with Gasteiger partial charge in [0.15, 0.2) is 0 Å². The average molecular weight is 535 g/mol. The summed E-state index contributed by atoms with van der Waals surface area (Å²) in [5.41, 5.74) is 1.27. The summed E-state index contributed by atoms with van der Waals surface area (Å²) in [6.45, 7) is 0.478. The maximum absolute atomic E-state index is 13.7. The Balaban J connectivity index is 1.29. The molecule has 0 bridgehead atoms. The number of esters is 1. The van der Waals surface area contributed by atoms with Crippen LogP contribution in [0.2, 0.25) is 0 Å². The minimum absolute atomic E-state index is 0.0523. The monoisotopic (exact) mass is 534 g/mol. The van der Waals surface area contributed by atoms with Crippen molar-refractivity contribution < 1.29 is 33.4 Å². The Morgan fingerprint density at radius 2 is 1.67 bits per heavy atom. The predicted molar refractivity (Wildman–Crippen MR) is 136 cm³/mol. The van der Waals surface area contributed by atoms with E-state index in [0.717, 1.165) is 5.56 Å². The van der Waals surface area contributed by atoms with Crippen molar-refractivity contribution in [3.8, 4) is 0 Å². The van der Waals surface area contributed by atoms with Gasteiger partial charge >= 0.3 is 5.97 Å². The van der Waals surface area contributed by atoms with Gasteiger partial charge < -0.3 is 20.1 Å². The van der Waals surface area contributed by atoms with E-state index in [0.29, 0.717) is 24.9 Å². The topological polar surface area (TPSA) is 134 Å². The number of ether oxygens (including phenoxy) is 2. The molecule has 0 aliphatic carbocycles. The van der Waals surface area contributed by atoms with Gasteiger partial charge in [-0.2, -0.15) is 0 Å². The molecule has 204 valence electrons. The van der Waals surface area contributed by atoms with Crippen molar-refractivity contribution in [2.24, 2.45) is 0 Å². The molecule has 39 heavy (non-hydrogen) atoms. The first kappa shape index (κ1) is 26.4. The zero-order valence-corrected chi connectivity index (χ0v) is 21.3. The molecule has 2 aromatic carbocycles. The summed E-state index contributed by atoms with van der Waals surface area (Å²) in [6, 6.07) is 15.1. The summed E-state index contributed by atoms with van der Waals surface area (Å²) >= 11 is 0. The van der Waals surface area contributed by atoms with Gasteiger partial charge in [0.05, 0.1) is 13.0 Å². The highest BCUT2D eigenvalue weighted by Gasteiger charge is 2.46. The summed E-state index contributed by atoms with van der Waals surface area (Å²) < 4.78 is 11.1. The molecule has 0 aromatic heterocycles. The lowest BCUT2D eigenvalue weighted by Crippen LogP contribution is -2.64. The first-order valence-electron chi connectivity index (χ1n) is 13.1. The number of rotatable bonds is 7. The van der Waals surface area contributed by atoms with Crippen LogP contribution >= 0.6 is 0 Å². The highest BCUT2D eigenvalue weighted by Crippen LogP contribution is 2.26. The SMILES string of the molecule is O=C1C[C@H](NC(=O)[C@@H]2CCCN3C(=O)CC[C@H](NC(=O)c4ccccc4)C(=O)N23)[C@H](OCc2ccccc2)O1. The fraction of sp³-hybridized carbons (Fsp3) is 0.393. The number of nitrogens with zero attached hydrogens (tertiary/aromatic N) is 2. The molecule has 4 atom stereocenters. The standard InChI is InChI=1S/C28H30N4O7/c33-23-14-13-20(29-25(35)19-10-5-2-6-11-19)27(37)32-22(12-7-15-31(23)32)26(36)30-21-16-24(34)39-28(21)38-17-18-8-3-1-4-9-18/h1-6,8-11,20-22,28H,7,12-17H2,(H,29,35)(H,30,36)/t20-,21-,22-,28+/m0/s1. The molecule has 3 fully saturated rings. The Hall–Kier alpha value is -4.25. The number of amides is 4. The summed E-state index contributed by atoms with van der Waals surface area (Å²) in [4.78, 5) is 64.9. The minimum atomic E-state index is -0.991. The molecule has 2 aromatic rings. The Morgan fingerprint density at radius 3 is 2.41 bits per heavy atom. The molecule has 5 rings (SSSR count). The van der Waals surface area contributed by atoms with Crippen LogP contribution < -0.4 is 10.6 Å². The van der Waals surface area contributed by atoms with Crippen molar-refractivity contribution in [3.63, 3.8) is 0 Å². The van der Waals surface area contributed by atoms with Crippen LogP contribution in [0, 0.1) is 0 Å².